The number of ether oxygens (including phenoxy) is 1. The summed E-state index contributed by atoms with van der Waals surface area (Å²) in [5.74, 6) is 0. The Balaban J connectivity index is 2.06. The van der Waals surface area contributed by atoms with E-state index in [4.69, 9.17) is 4.74 Å². The van der Waals surface area contributed by atoms with E-state index in [1.54, 1.807) is 7.11 Å². The molecule has 0 saturated carbocycles. The molecular weight excluding hydrogens is 304 g/mol. The van der Waals surface area contributed by atoms with Crippen LogP contribution in [0.5, 0.6) is 0 Å². The standard InChI is InChI=1S/C15H25BrN2O/c1-18(10-4-3-8-17-9-11-19-2)13-14-6-5-7-15(16)12-14/h5-7,12,17H,3-4,8-11,13H2,1-2H3. The number of methoxy groups -OCH3 is 1. The number of hydrogen-bond donors (Lipinski definition) is 1. The highest BCUT2D eigenvalue weighted by atomic mass is 79.9. The minimum atomic E-state index is 0.794. The SMILES string of the molecule is COCCNCCCCN(C)Cc1cccc(Br)c1. The molecule has 0 fully saturated rings. The third-order valence-electron chi connectivity index (χ3n) is 2.97. The number of unbranched alkanes of at least 4 members (excludes halogenated alkanes) is 1. The van der Waals surface area contributed by atoms with Gasteiger partial charge in [-0.2, -0.15) is 0 Å². The maximum atomic E-state index is 4.99. The number of halogens is 1. The Labute approximate surface area is 125 Å². The Morgan fingerprint density at radius 2 is 2.11 bits per heavy atom. The molecular formula is C15H25BrN2O. The predicted octanol–water partition coefficient (Wildman–Crippen LogP) is 2.90. The van der Waals surface area contributed by atoms with Crippen LogP contribution < -0.4 is 5.32 Å². The zero-order chi connectivity index (χ0) is 13.9. The zero-order valence-corrected chi connectivity index (χ0v) is 13.6. The van der Waals surface area contributed by atoms with E-state index in [1.807, 2.05) is 0 Å². The fraction of sp³-hybridized carbons (Fsp3) is 0.600. The minimum Gasteiger partial charge on any atom is -0.383 e. The second-order valence-electron chi connectivity index (χ2n) is 4.82. The molecule has 1 rings (SSSR count). The van der Waals surface area contributed by atoms with E-state index in [0.717, 1.165) is 37.3 Å². The van der Waals surface area contributed by atoms with Gasteiger partial charge in [-0.25, -0.2) is 0 Å². The quantitative estimate of drug-likeness (QED) is 0.668. The van der Waals surface area contributed by atoms with Gasteiger partial charge in [0.05, 0.1) is 6.61 Å². The summed E-state index contributed by atoms with van der Waals surface area (Å²) >= 11 is 3.51. The predicted molar refractivity (Wildman–Crippen MR) is 84.5 cm³/mol. The maximum Gasteiger partial charge on any atom is 0.0587 e. The zero-order valence-electron chi connectivity index (χ0n) is 12.0. The second kappa shape index (κ2) is 10.4. The molecule has 0 atom stereocenters. The molecule has 1 N–H and O–H groups in total. The summed E-state index contributed by atoms with van der Waals surface area (Å²) in [7, 11) is 3.91. The van der Waals surface area contributed by atoms with Crippen molar-refractivity contribution in [1.82, 2.24) is 10.2 Å². The fourth-order valence-corrected chi connectivity index (χ4v) is 2.40. The van der Waals surface area contributed by atoms with Crippen molar-refractivity contribution in [2.24, 2.45) is 0 Å². The fourth-order valence-electron chi connectivity index (χ4n) is 1.96. The van der Waals surface area contributed by atoms with Gasteiger partial charge < -0.3 is 15.0 Å². The number of nitrogens with one attached hydrogen (secondary N) is 1. The van der Waals surface area contributed by atoms with Crippen molar-refractivity contribution in [3.05, 3.63) is 34.3 Å². The molecule has 0 unspecified atom stereocenters. The van der Waals surface area contributed by atoms with Crippen LogP contribution in [0.1, 0.15) is 18.4 Å². The first-order valence-electron chi connectivity index (χ1n) is 6.85. The van der Waals surface area contributed by atoms with E-state index >= 15 is 0 Å². The first-order chi connectivity index (χ1) is 9.22. The van der Waals surface area contributed by atoms with Gasteiger partial charge in [-0.3, -0.25) is 0 Å². The number of benzene rings is 1. The lowest BCUT2D eigenvalue weighted by atomic mass is 10.2. The Bertz CT molecular complexity index is 347. The molecule has 0 heterocycles. The van der Waals surface area contributed by atoms with Crippen molar-refractivity contribution in [2.45, 2.75) is 19.4 Å². The van der Waals surface area contributed by atoms with Crippen LogP contribution in [-0.2, 0) is 11.3 Å². The average Bonchev–Trinajstić information content (AvgIpc) is 2.37. The Morgan fingerprint density at radius 1 is 1.26 bits per heavy atom. The molecule has 0 spiro atoms. The van der Waals surface area contributed by atoms with Gasteiger partial charge in [0, 0.05) is 24.7 Å². The summed E-state index contributed by atoms with van der Waals surface area (Å²) < 4.78 is 6.14. The van der Waals surface area contributed by atoms with Crippen LogP contribution in [0.2, 0.25) is 0 Å². The first-order valence-corrected chi connectivity index (χ1v) is 7.64. The van der Waals surface area contributed by atoms with Gasteiger partial charge in [0.1, 0.15) is 0 Å². The van der Waals surface area contributed by atoms with Crippen molar-refractivity contribution < 1.29 is 4.74 Å². The monoisotopic (exact) mass is 328 g/mol. The lowest BCUT2D eigenvalue weighted by Gasteiger charge is -2.16. The largest absolute Gasteiger partial charge is 0.383 e. The van der Waals surface area contributed by atoms with Gasteiger partial charge in [-0.15, -0.1) is 0 Å². The van der Waals surface area contributed by atoms with Crippen LogP contribution in [0.25, 0.3) is 0 Å². The van der Waals surface area contributed by atoms with Crippen molar-refractivity contribution in [3.63, 3.8) is 0 Å². The molecule has 1 aromatic carbocycles. The molecule has 0 amide bonds. The molecule has 0 saturated heterocycles. The van der Waals surface area contributed by atoms with E-state index in [1.165, 1.54) is 18.4 Å². The summed E-state index contributed by atoms with van der Waals surface area (Å²) in [6.45, 7) is 4.97. The number of hydrogen-bond acceptors (Lipinski definition) is 3. The minimum absolute atomic E-state index is 0.794. The van der Waals surface area contributed by atoms with Crippen LogP contribution in [0, 0.1) is 0 Å². The molecule has 0 aromatic heterocycles. The van der Waals surface area contributed by atoms with Gasteiger partial charge in [-0.1, -0.05) is 28.1 Å². The van der Waals surface area contributed by atoms with Crippen LogP contribution >= 0.6 is 15.9 Å². The van der Waals surface area contributed by atoms with Crippen LogP contribution in [0.3, 0.4) is 0 Å². The summed E-state index contributed by atoms with van der Waals surface area (Å²) in [6, 6.07) is 8.51. The summed E-state index contributed by atoms with van der Waals surface area (Å²) in [6.07, 6.45) is 2.44. The lowest BCUT2D eigenvalue weighted by molar-refractivity contribution is 0.199. The van der Waals surface area contributed by atoms with Crippen LogP contribution in [0.4, 0.5) is 0 Å². The molecule has 108 valence electrons. The molecule has 0 aliphatic heterocycles. The molecule has 0 radical (unpaired) electrons. The van der Waals surface area contributed by atoms with Crippen molar-refractivity contribution in [1.29, 1.82) is 0 Å². The van der Waals surface area contributed by atoms with Gasteiger partial charge in [0.2, 0.25) is 0 Å². The number of rotatable bonds is 10. The summed E-state index contributed by atoms with van der Waals surface area (Å²) in [4.78, 5) is 2.37. The molecule has 3 nitrogen and oxygen atoms in total. The maximum absolute atomic E-state index is 4.99. The Hall–Kier alpha value is -0.420. The van der Waals surface area contributed by atoms with Crippen molar-refractivity contribution in [2.75, 3.05) is 40.4 Å². The molecule has 4 heteroatoms. The average molecular weight is 329 g/mol. The first kappa shape index (κ1) is 16.6. The van der Waals surface area contributed by atoms with Crippen LogP contribution in [-0.4, -0.2) is 45.3 Å². The Kier molecular flexibility index (Phi) is 9.08. The topological polar surface area (TPSA) is 24.5 Å². The van der Waals surface area contributed by atoms with E-state index in [-0.39, 0.29) is 0 Å². The molecule has 1 aromatic rings. The van der Waals surface area contributed by atoms with Gasteiger partial charge in [0.15, 0.2) is 0 Å². The van der Waals surface area contributed by atoms with Gasteiger partial charge in [0.25, 0.3) is 0 Å². The molecule has 0 aliphatic rings. The third-order valence-corrected chi connectivity index (χ3v) is 3.46. The highest BCUT2D eigenvalue weighted by Crippen LogP contribution is 2.13. The highest BCUT2D eigenvalue weighted by Gasteiger charge is 2.00. The third kappa shape index (κ3) is 8.37. The van der Waals surface area contributed by atoms with Crippen molar-refractivity contribution in [3.8, 4) is 0 Å². The van der Waals surface area contributed by atoms with Crippen molar-refractivity contribution >= 4 is 15.9 Å². The van der Waals surface area contributed by atoms with E-state index in [0.29, 0.717) is 0 Å². The molecule has 0 bridgehead atoms. The highest BCUT2D eigenvalue weighted by molar-refractivity contribution is 9.10. The van der Waals surface area contributed by atoms with E-state index in [9.17, 15) is 0 Å². The summed E-state index contributed by atoms with van der Waals surface area (Å²) in [5, 5.41) is 3.37. The van der Waals surface area contributed by atoms with E-state index < -0.39 is 0 Å². The smallest absolute Gasteiger partial charge is 0.0587 e. The molecule has 0 aliphatic carbocycles. The molecule has 19 heavy (non-hydrogen) atoms. The number of nitrogens with zero attached hydrogens (tertiary/aromatic N) is 1. The second-order valence-corrected chi connectivity index (χ2v) is 5.73. The van der Waals surface area contributed by atoms with Gasteiger partial charge in [-0.05, 0) is 50.7 Å². The summed E-state index contributed by atoms with van der Waals surface area (Å²) in [5.41, 5.74) is 1.36. The normalized spacial score (nSPS) is 11.2. The van der Waals surface area contributed by atoms with Crippen LogP contribution in [0.15, 0.2) is 28.7 Å². The Morgan fingerprint density at radius 3 is 2.84 bits per heavy atom. The van der Waals surface area contributed by atoms with E-state index in [2.05, 4.69) is 57.5 Å². The lowest BCUT2D eigenvalue weighted by Crippen LogP contribution is -2.23. The van der Waals surface area contributed by atoms with Gasteiger partial charge >= 0.3 is 0 Å².